The van der Waals surface area contributed by atoms with Gasteiger partial charge in [0, 0.05) is 13.1 Å². The van der Waals surface area contributed by atoms with Crippen LogP contribution in [0.15, 0.2) is 0 Å². The number of likely N-dealkylation sites (N-methyl/N-ethyl adjacent to an activating group) is 1. The average molecular weight is 187 g/mol. The quantitative estimate of drug-likeness (QED) is 0.707. The zero-order valence-electron chi connectivity index (χ0n) is 9.13. The minimum absolute atomic E-state index is 0.137. The van der Waals surface area contributed by atoms with Crippen molar-refractivity contribution in [2.75, 3.05) is 13.1 Å². The Morgan fingerprint density at radius 1 is 1.15 bits per heavy atom. The van der Waals surface area contributed by atoms with Crippen molar-refractivity contribution in [2.24, 2.45) is 0 Å². The van der Waals surface area contributed by atoms with Crippen LogP contribution in [0.1, 0.15) is 40.5 Å². The van der Waals surface area contributed by atoms with Crippen LogP contribution in [0.3, 0.4) is 0 Å². The Morgan fingerprint density at radius 3 is 1.77 bits per heavy atom. The highest BCUT2D eigenvalue weighted by Crippen LogP contribution is 2.17. The van der Waals surface area contributed by atoms with Crippen molar-refractivity contribution in [3.05, 3.63) is 0 Å². The van der Waals surface area contributed by atoms with Crippen LogP contribution in [0.5, 0.6) is 0 Å². The number of carbonyl (C=O) groups excluding carboxylic acids is 1. The Morgan fingerprint density at radius 2 is 1.54 bits per heavy atom. The topological polar surface area (TPSA) is 40.5 Å². The predicted octanol–water partition coefficient (Wildman–Crippen LogP) is 1.41. The Kier molecular flexibility index (Phi) is 4.99. The molecular weight excluding hydrogens is 166 g/mol. The van der Waals surface area contributed by atoms with Crippen LogP contribution in [0.2, 0.25) is 0 Å². The molecular formula is C10H21NO2. The van der Waals surface area contributed by atoms with Gasteiger partial charge in [0.15, 0.2) is 0 Å². The van der Waals surface area contributed by atoms with E-state index in [1.165, 1.54) is 0 Å². The van der Waals surface area contributed by atoms with E-state index in [1.807, 2.05) is 27.7 Å². The number of hydrogen-bond donors (Lipinski definition) is 1. The van der Waals surface area contributed by atoms with E-state index in [4.69, 9.17) is 0 Å². The molecule has 0 atom stereocenters. The molecule has 13 heavy (non-hydrogen) atoms. The smallest absolute Gasteiger partial charge is 0.254 e. The van der Waals surface area contributed by atoms with Gasteiger partial charge in [-0.25, -0.2) is 0 Å². The third kappa shape index (κ3) is 2.69. The molecule has 0 radical (unpaired) electrons. The normalized spacial score (nSPS) is 11.5. The molecule has 1 amide bonds. The van der Waals surface area contributed by atoms with Gasteiger partial charge in [0.2, 0.25) is 0 Å². The molecule has 3 nitrogen and oxygen atoms in total. The fourth-order valence-corrected chi connectivity index (χ4v) is 1.36. The number of nitrogens with zero attached hydrogens (tertiary/aromatic N) is 1. The minimum Gasteiger partial charge on any atom is -0.380 e. The van der Waals surface area contributed by atoms with E-state index in [0.29, 0.717) is 25.9 Å². The molecule has 3 heteroatoms. The molecule has 0 bridgehead atoms. The summed E-state index contributed by atoms with van der Waals surface area (Å²) in [7, 11) is 0. The average Bonchev–Trinajstić information content (AvgIpc) is 2.18. The van der Waals surface area contributed by atoms with E-state index >= 15 is 0 Å². The minimum atomic E-state index is -1.15. The molecule has 0 unspecified atom stereocenters. The second-order valence-corrected chi connectivity index (χ2v) is 3.22. The van der Waals surface area contributed by atoms with E-state index in [2.05, 4.69) is 0 Å². The summed E-state index contributed by atoms with van der Waals surface area (Å²) < 4.78 is 0. The summed E-state index contributed by atoms with van der Waals surface area (Å²) in [5.74, 6) is -0.137. The molecule has 0 aromatic rings. The molecule has 0 fully saturated rings. The van der Waals surface area contributed by atoms with Gasteiger partial charge >= 0.3 is 0 Å². The Labute approximate surface area is 80.7 Å². The number of carbonyl (C=O) groups is 1. The lowest BCUT2D eigenvalue weighted by Gasteiger charge is -2.30. The molecule has 0 heterocycles. The van der Waals surface area contributed by atoms with Crippen molar-refractivity contribution in [3.63, 3.8) is 0 Å². The maximum Gasteiger partial charge on any atom is 0.254 e. The van der Waals surface area contributed by atoms with Gasteiger partial charge in [-0.15, -0.1) is 0 Å². The van der Waals surface area contributed by atoms with Crippen LogP contribution in [0, 0.1) is 0 Å². The van der Waals surface area contributed by atoms with Gasteiger partial charge in [-0.05, 0) is 26.7 Å². The van der Waals surface area contributed by atoms with Crippen molar-refractivity contribution in [2.45, 2.75) is 46.1 Å². The van der Waals surface area contributed by atoms with Gasteiger partial charge in [-0.1, -0.05) is 13.8 Å². The standard InChI is InChI=1S/C10H21NO2/c1-5-10(13,6-2)9(12)11(7-3)8-4/h13H,5-8H2,1-4H3. The van der Waals surface area contributed by atoms with E-state index in [-0.39, 0.29) is 5.91 Å². The molecule has 0 spiro atoms. The fourth-order valence-electron chi connectivity index (χ4n) is 1.36. The highest BCUT2D eigenvalue weighted by atomic mass is 16.3. The molecule has 0 aromatic carbocycles. The van der Waals surface area contributed by atoms with Crippen LogP contribution in [0.25, 0.3) is 0 Å². The van der Waals surface area contributed by atoms with Gasteiger partial charge in [0.05, 0.1) is 0 Å². The van der Waals surface area contributed by atoms with Gasteiger partial charge < -0.3 is 10.0 Å². The van der Waals surface area contributed by atoms with Crippen LogP contribution < -0.4 is 0 Å². The maximum absolute atomic E-state index is 11.8. The lowest BCUT2D eigenvalue weighted by atomic mass is 9.95. The summed E-state index contributed by atoms with van der Waals surface area (Å²) in [4.78, 5) is 13.4. The number of rotatable bonds is 5. The summed E-state index contributed by atoms with van der Waals surface area (Å²) in [6, 6.07) is 0. The number of aliphatic hydroxyl groups is 1. The van der Waals surface area contributed by atoms with Crippen molar-refractivity contribution in [3.8, 4) is 0 Å². The molecule has 0 aromatic heterocycles. The van der Waals surface area contributed by atoms with Gasteiger partial charge in [-0.2, -0.15) is 0 Å². The first-order valence-electron chi connectivity index (χ1n) is 5.07. The number of hydrogen-bond acceptors (Lipinski definition) is 2. The molecule has 0 saturated heterocycles. The second-order valence-electron chi connectivity index (χ2n) is 3.22. The Balaban J connectivity index is 4.53. The first-order valence-corrected chi connectivity index (χ1v) is 5.07. The molecule has 0 aliphatic rings. The van der Waals surface area contributed by atoms with E-state index in [9.17, 15) is 9.90 Å². The zero-order valence-corrected chi connectivity index (χ0v) is 9.13. The predicted molar refractivity (Wildman–Crippen MR) is 53.5 cm³/mol. The van der Waals surface area contributed by atoms with Crippen molar-refractivity contribution in [1.82, 2.24) is 4.90 Å². The largest absolute Gasteiger partial charge is 0.380 e. The summed E-state index contributed by atoms with van der Waals surface area (Å²) in [6.45, 7) is 8.85. The van der Waals surface area contributed by atoms with Crippen LogP contribution in [0.4, 0.5) is 0 Å². The third-order valence-electron chi connectivity index (χ3n) is 2.62. The van der Waals surface area contributed by atoms with Crippen LogP contribution in [-0.2, 0) is 4.79 Å². The lowest BCUT2D eigenvalue weighted by Crippen LogP contribution is -2.48. The van der Waals surface area contributed by atoms with Gasteiger partial charge in [0.25, 0.3) is 5.91 Å². The molecule has 0 aliphatic heterocycles. The highest BCUT2D eigenvalue weighted by Gasteiger charge is 2.34. The van der Waals surface area contributed by atoms with E-state index in [0.717, 1.165) is 0 Å². The van der Waals surface area contributed by atoms with Gasteiger partial charge in [0.1, 0.15) is 5.60 Å². The fraction of sp³-hybridized carbons (Fsp3) is 0.900. The number of amides is 1. The van der Waals surface area contributed by atoms with Crippen LogP contribution >= 0.6 is 0 Å². The molecule has 1 N–H and O–H groups in total. The Bertz CT molecular complexity index is 160. The highest BCUT2D eigenvalue weighted by molar-refractivity contribution is 5.84. The van der Waals surface area contributed by atoms with Crippen molar-refractivity contribution < 1.29 is 9.90 Å². The Hall–Kier alpha value is -0.570. The first kappa shape index (κ1) is 12.4. The monoisotopic (exact) mass is 187 g/mol. The third-order valence-corrected chi connectivity index (χ3v) is 2.62. The molecule has 0 aliphatic carbocycles. The molecule has 0 saturated carbocycles. The lowest BCUT2D eigenvalue weighted by molar-refractivity contribution is -0.151. The van der Waals surface area contributed by atoms with Crippen molar-refractivity contribution in [1.29, 1.82) is 0 Å². The van der Waals surface area contributed by atoms with Gasteiger partial charge in [-0.3, -0.25) is 4.79 Å². The van der Waals surface area contributed by atoms with Crippen LogP contribution in [-0.4, -0.2) is 34.6 Å². The zero-order chi connectivity index (χ0) is 10.5. The van der Waals surface area contributed by atoms with Crippen molar-refractivity contribution >= 4 is 5.91 Å². The van der Waals surface area contributed by atoms with E-state index < -0.39 is 5.60 Å². The SMILES string of the molecule is CCN(CC)C(=O)C(O)(CC)CC. The molecule has 78 valence electrons. The second kappa shape index (κ2) is 5.22. The molecule has 0 rings (SSSR count). The summed E-state index contributed by atoms with van der Waals surface area (Å²) in [6.07, 6.45) is 0.970. The summed E-state index contributed by atoms with van der Waals surface area (Å²) in [5, 5.41) is 9.94. The first-order chi connectivity index (χ1) is 6.05. The van der Waals surface area contributed by atoms with E-state index in [1.54, 1.807) is 4.90 Å². The summed E-state index contributed by atoms with van der Waals surface area (Å²) in [5.41, 5.74) is -1.15. The summed E-state index contributed by atoms with van der Waals surface area (Å²) >= 11 is 0. The maximum atomic E-state index is 11.8.